The van der Waals surface area contributed by atoms with E-state index in [0.717, 1.165) is 22.2 Å². The van der Waals surface area contributed by atoms with E-state index in [4.69, 9.17) is 27.5 Å². The van der Waals surface area contributed by atoms with Crippen LogP contribution in [0.1, 0.15) is 23.6 Å². The van der Waals surface area contributed by atoms with Crippen molar-refractivity contribution in [2.75, 3.05) is 13.2 Å². The van der Waals surface area contributed by atoms with Crippen molar-refractivity contribution in [1.29, 1.82) is 5.26 Å². The Bertz CT molecular complexity index is 1150. The van der Waals surface area contributed by atoms with Crippen LogP contribution >= 0.6 is 23.4 Å². The Morgan fingerprint density at radius 2 is 2.03 bits per heavy atom. The van der Waals surface area contributed by atoms with Gasteiger partial charge in [-0.25, -0.2) is 0 Å². The molecule has 0 radical (unpaired) electrons. The van der Waals surface area contributed by atoms with Crippen LogP contribution < -0.4 is 9.47 Å². The molecular weight excluding hydrogens is 436 g/mol. The summed E-state index contributed by atoms with van der Waals surface area (Å²) in [5.74, 6) is 2.57. The zero-order valence-electron chi connectivity index (χ0n) is 16.6. The van der Waals surface area contributed by atoms with Crippen molar-refractivity contribution in [3.63, 3.8) is 0 Å². The van der Waals surface area contributed by atoms with Crippen LogP contribution in [-0.4, -0.2) is 29.2 Å². The van der Waals surface area contributed by atoms with Gasteiger partial charge in [0.05, 0.1) is 34.7 Å². The zero-order valence-corrected chi connectivity index (χ0v) is 18.1. The summed E-state index contributed by atoms with van der Waals surface area (Å²) >= 11 is 7.26. The highest BCUT2D eigenvalue weighted by atomic mass is 35.5. The number of imide groups is 1. The van der Waals surface area contributed by atoms with Gasteiger partial charge in [-0.15, -0.1) is 6.42 Å². The summed E-state index contributed by atoms with van der Waals surface area (Å²) < 4.78 is 11.6. The van der Waals surface area contributed by atoms with Gasteiger partial charge in [0.2, 0.25) is 0 Å². The molecule has 31 heavy (non-hydrogen) atoms. The first-order chi connectivity index (χ1) is 15.0. The molecule has 2 amide bonds. The third-order valence-corrected chi connectivity index (χ3v) is 5.45. The molecular formula is C23H17ClN2O4S. The third kappa shape index (κ3) is 5.03. The fourth-order valence-electron chi connectivity index (χ4n) is 2.86. The van der Waals surface area contributed by atoms with Crippen molar-refractivity contribution in [2.24, 2.45) is 0 Å². The Hall–Kier alpha value is -3.39. The highest BCUT2D eigenvalue weighted by molar-refractivity contribution is 8.18. The van der Waals surface area contributed by atoms with Crippen molar-refractivity contribution in [2.45, 2.75) is 13.5 Å². The van der Waals surface area contributed by atoms with Crippen LogP contribution in [0.3, 0.4) is 0 Å². The summed E-state index contributed by atoms with van der Waals surface area (Å²) in [6.07, 6.45) is 6.78. The normalized spacial score (nSPS) is 14.5. The molecule has 2 aromatic carbocycles. The molecule has 0 saturated carbocycles. The second kappa shape index (κ2) is 10.1. The Balaban J connectivity index is 1.89. The molecule has 6 nitrogen and oxygen atoms in total. The summed E-state index contributed by atoms with van der Waals surface area (Å²) in [5.41, 5.74) is 1.80. The molecule has 8 heteroatoms. The second-order valence-electron chi connectivity index (χ2n) is 6.29. The molecule has 2 aromatic rings. The maximum absolute atomic E-state index is 12.4. The van der Waals surface area contributed by atoms with Crippen LogP contribution in [0.2, 0.25) is 5.02 Å². The number of rotatable bonds is 7. The molecule has 0 aromatic heterocycles. The SMILES string of the molecule is C#CCN1C(=O)SC(=Cc2cc(Cl)c(OCc3ccccc3C#N)c(OCC)c2)C1=O. The van der Waals surface area contributed by atoms with Gasteiger partial charge in [0.25, 0.3) is 11.1 Å². The molecule has 156 valence electrons. The number of halogens is 1. The number of carbonyl (C=O) groups excluding carboxylic acids is 2. The number of benzene rings is 2. The lowest BCUT2D eigenvalue weighted by atomic mass is 10.1. The first-order valence-corrected chi connectivity index (χ1v) is 10.4. The number of carbonyl (C=O) groups is 2. The summed E-state index contributed by atoms with van der Waals surface area (Å²) in [7, 11) is 0. The molecule has 1 aliphatic rings. The number of thioether (sulfide) groups is 1. The Labute approximate surface area is 189 Å². The highest BCUT2D eigenvalue weighted by Crippen LogP contribution is 2.39. The Morgan fingerprint density at radius 1 is 1.26 bits per heavy atom. The largest absolute Gasteiger partial charge is 0.490 e. The molecule has 0 unspecified atom stereocenters. The molecule has 1 aliphatic heterocycles. The van der Waals surface area contributed by atoms with E-state index >= 15 is 0 Å². The first-order valence-electron chi connectivity index (χ1n) is 9.24. The average molecular weight is 453 g/mol. The summed E-state index contributed by atoms with van der Waals surface area (Å²) in [6, 6.07) is 12.5. The smallest absolute Gasteiger partial charge is 0.294 e. The van der Waals surface area contributed by atoms with Gasteiger partial charge in [-0.2, -0.15) is 5.26 Å². The van der Waals surface area contributed by atoms with Crippen molar-refractivity contribution < 1.29 is 19.1 Å². The molecule has 1 fully saturated rings. The van der Waals surface area contributed by atoms with E-state index in [9.17, 15) is 14.9 Å². The van der Waals surface area contributed by atoms with Crippen molar-refractivity contribution in [3.8, 4) is 29.9 Å². The van der Waals surface area contributed by atoms with Gasteiger partial charge in [0, 0.05) is 5.56 Å². The molecule has 0 aliphatic carbocycles. The number of ether oxygens (including phenoxy) is 2. The second-order valence-corrected chi connectivity index (χ2v) is 7.69. The fourth-order valence-corrected chi connectivity index (χ4v) is 3.97. The Morgan fingerprint density at radius 3 is 2.74 bits per heavy atom. The van der Waals surface area contributed by atoms with E-state index in [1.807, 2.05) is 13.0 Å². The minimum atomic E-state index is -0.449. The lowest BCUT2D eigenvalue weighted by molar-refractivity contribution is -0.122. The van der Waals surface area contributed by atoms with E-state index in [2.05, 4.69) is 12.0 Å². The topological polar surface area (TPSA) is 79.6 Å². The quantitative estimate of drug-likeness (QED) is 0.441. The number of nitriles is 1. The number of terminal acetylenes is 1. The van der Waals surface area contributed by atoms with Crippen molar-refractivity contribution in [1.82, 2.24) is 4.90 Å². The zero-order chi connectivity index (χ0) is 22.4. The van der Waals surface area contributed by atoms with Crippen molar-refractivity contribution >= 4 is 40.6 Å². The predicted octanol–water partition coefficient (Wildman–Crippen LogP) is 4.86. The van der Waals surface area contributed by atoms with Gasteiger partial charge in [0.1, 0.15) is 6.61 Å². The van der Waals surface area contributed by atoms with E-state index in [1.54, 1.807) is 36.4 Å². The highest BCUT2D eigenvalue weighted by Gasteiger charge is 2.34. The predicted molar refractivity (Wildman–Crippen MR) is 120 cm³/mol. The van der Waals surface area contributed by atoms with Gasteiger partial charge in [-0.3, -0.25) is 14.5 Å². The van der Waals surface area contributed by atoms with Gasteiger partial charge < -0.3 is 9.47 Å². The van der Waals surface area contributed by atoms with Gasteiger partial charge in [0.15, 0.2) is 11.5 Å². The summed E-state index contributed by atoms with van der Waals surface area (Å²) in [4.78, 5) is 25.6. The minimum absolute atomic E-state index is 0.0795. The number of nitrogens with zero attached hydrogens (tertiary/aromatic N) is 2. The molecule has 0 spiro atoms. The molecule has 1 heterocycles. The van der Waals surface area contributed by atoms with E-state index in [0.29, 0.717) is 29.2 Å². The standard InChI is InChI=1S/C23H17ClN2O4S/c1-3-9-26-22(27)20(31-23(26)28)12-15-10-18(24)21(19(11-15)29-4-2)30-14-17-8-6-5-7-16(17)13-25/h1,5-8,10-12H,4,9,14H2,2H3. The summed E-state index contributed by atoms with van der Waals surface area (Å²) in [5, 5.41) is 9.10. The maximum atomic E-state index is 12.4. The third-order valence-electron chi connectivity index (χ3n) is 4.26. The number of amides is 2. The van der Waals surface area contributed by atoms with E-state index in [-0.39, 0.29) is 23.1 Å². The van der Waals surface area contributed by atoms with Gasteiger partial charge >= 0.3 is 0 Å². The first kappa shape index (κ1) is 22.3. The summed E-state index contributed by atoms with van der Waals surface area (Å²) in [6.45, 7) is 2.24. The average Bonchev–Trinajstić information content (AvgIpc) is 3.01. The fraction of sp³-hybridized carbons (Fsp3) is 0.174. The monoisotopic (exact) mass is 452 g/mol. The number of hydrogen-bond donors (Lipinski definition) is 0. The maximum Gasteiger partial charge on any atom is 0.294 e. The molecule has 0 N–H and O–H groups in total. The van der Waals surface area contributed by atoms with Crippen LogP contribution in [0, 0.1) is 23.7 Å². The van der Waals surface area contributed by atoms with Crippen LogP contribution in [-0.2, 0) is 11.4 Å². The lowest BCUT2D eigenvalue weighted by Crippen LogP contribution is -2.28. The van der Waals surface area contributed by atoms with Gasteiger partial charge in [-0.05, 0) is 48.5 Å². The van der Waals surface area contributed by atoms with Gasteiger partial charge in [-0.1, -0.05) is 35.7 Å². The van der Waals surface area contributed by atoms with E-state index < -0.39 is 11.1 Å². The van der Waals surface area contributed by atoms with E-state index in [1.165, 1.54) is 0 Å². The lowest BCUT2D eigenvalue weighted by Gasteiger charge is -2.15. The van der Waals surface area contributed by atoms with Crippen LogP contribution in [0.25, 0.3) is 6.08 Å². The minimum Gasteiger partial charge on any atom is -0.490 e. The molecule has 3 rings (SSSR count). The van der Waals surface area contributed by atoms with Crippen LogP contribution in [0.4, 0.5) is 4.79 Å². The molecule has 1 saturated heterocycles. The molecule has 0 bridgehead atoms. The Kier molecular flexibility index (Phi) is 7.25. The number of hydrogen-bond acceptors (Lipinski definition) is 6. The van der Waals surface area contributed by atoms with Crippen molar-refractivity contribution in [3.05, 3.63) is 63.0 Å². The van der Waals surface area contributed by atoms with Crippen LogP contribution in [0.15, 0.2) is 41.3 Å². The molecule has 0 atom stereocenters. The van der Waals surface area contributed by atoms with Crippen LogP contribution in [0.5, 0.6) is 11.5 Å².